The molecule has 6 nitrogen and oxygen atoms in total. The number of hydroxylamine groups is 1. The molecule has 0 aromatic heterocycles. The van der Waals surface area contributed by atoms with Crippen LogP contribution in [0.25, 0.3) is 0 Å². The lowest BCUT2D eigenvalue weighted by Gasteiger charge is -2.32. The van der Waals surface area contributed by atoms with E-state index in [0.29, 0.717) is 30.3 Å². The quantitative estimate of drug-likeness (QED) is 0.576. The minimum absolute atomic E-state index is 0.0300. The van der Waals surface area contributed by atoms with E-state index in [1.807, 2.05) is 0 Å². The van der Waals surface area contributed by atoms with Gasteiger partial charge in [0.05, 0.1) is 12.2 Å². The normalized spacial score (nSPS) is 27.5. The molecule has 5 rings (SSSR count). The molecule has 4 aliphatic rings. The molecule has 2 saturated carbocycles. The number of carbonyl (C=O) groups excluding carboxylic acids is 1. The second kappa shape index (κ2) is 9.20. The number of likely N-dealkylation sites (tertiary alicyclic amines) is 1. The van der Waals surface area contributed by atoms with Crippen LogP contribution < -0.4 is 10.2 Å². The van der Waals surface area contributed by atoms with Gasteiger partial charge in [-0.05, 0) is 62.2 Å². The third-order valence-corrected chi connectivity index (χ3v) is 7.51. The number of nitrogens with one attached hydrogen (secondary N) is 1. The average Bonchev–Trinajstić information content (AvgIpc) is 3.71. The first-order valence-corrected chi connectivity index (χ1v) is 12.3. The van der Waals surface area contributed by atoms with E-state index in [1.165, 1.54) is 6.42 Å². The summed E-state index contributed by atoms with van der Waals surface area (Å²) < 4.78 is 34.2. The van der Waals surface area contributed by atoms with Crippen molar-refractivity contribution in [1.29, 1.82) is 0 Å². The third-order valence-electron chi connectivity index (χ3n) is 7.51. The molecule has 1 aromatic carbocycles. The van der Waals surface area contributed by atoms with E-state index in [2.05, 4.69) is 29.2 Å². The molecule has 2 heterocycles. The Kier molecular flexibility index (Phi) is 6.29. The van der Waals surface area contributed by atoms with Gasteiger partial charge in [-0.1, -0.05) is 13.8 Å². The predicted molar refractivity (Wildman–Crippen MR) is 120 cm³/mol. The summed E-state index contributed by atoms with van der Waals surface area (Å²) in [5.41, 5.74) is 2.58. The number of benzene rings is 1. The summed E-state index contributed by atoms with van der Waals surface area (Å²) >= 11 is 0. The third kappa shape index (κ3) is 5.00. The van der Waals surface area contributed by atoms with Crippen LogP contribution in [0.3, 0.4) is 0 Å². The second-order valence-electron chi connectivity index (χ2n) is 10.3. The Morgan fingerprint density at radius 1 is 1.21 bits per heavy atom. The summed E-state index contributed by atoms with van der Waals surface area (Å²) in [5, 5.41) is 0. The molecule has 1 aromatic rings. The molecule has 2 aliphatic carbocycles. The topological polar surface area (TPSA) is 63.2 Å². The molecule has 3 unspecified atom stereocenters. The monoisotopic (exact) mass is 461 g/mol. The van der Waals surface area contributed by atoms with Crippen molar-refractivity contribution in [1.82, 2.24) is 10.4 Å². The summed E-state index contributed by atoms with van der Waals surface area (Å²) in [6.45, 7) is 6.59. The van der Waals surface area contributed by atoms with Crippen molar-refractivity contribution < 1.29 is 23.1 Å². The van der Waals surface area contributed by atoms with Gasteiger partial charge in [-0.3, -0.25) is 4.79 Å². The smallest absolute Gasteiger partial charge is 0.309 e. The molecular weight excluding hydrogens is 428 g/mol. The van der Waals surface area contributed by atoms with Crippen molar-refractivity contribution in [2.45, 2.75) is 58.5 Å². The molecule has 3 fully saturated rings. The number of hydrogen-bond donors (Lipinski definition) is 1. The number of halogens is 2. The lowest BCUT2D eigenvalue weighted by molar-refractivity contribution is 0.0959. The van der Waals surface area contributed by atoms with Crippen LogP contribution in [-0.2, 0) is 4.84 Å². The molecule has 8 heteroatoms. The molecule has 180 valence electrons. The zero-order chi connectivity index (χ0) is 23.1. The van der Waals surface area contributed by atoms with E-state index in [0.717, 1.165) is 63.3 Å². The lowest BCUT2D eigenvalue weighted by Crippen LogP contribution is -2.40. The maximum atomic E-state index is 14.3. The molecular formula is C25H33F2N3O3. The van der Waals surface area contributed by atoms with E-state index in [4.69, 9.17) is 9.57 Å². The second-order valence-corrected chi connectivity index (χ2v) is 10.3. The summed E-state index contributed by atoms with van der Waals surface area (Å²) in [6.07, 6.45) is 5.80. The van der Waals surface area contributed by atoms with Crippen LogP contribution in [0.2, 0.25) is 0 Å². The summed E-state index contributed by atoms with van der Waals surface area (Å²) in [7, 11) is 0. The Morgan fingerprint density at radius 2 is 1.91 bits per heavy atom. The molecule has 0 spiro atoms. The maximum Gasteiger partial charge on any atom is 0.309 e. The zero-order valence-corrected chi connectivity index (χ0v) is 19.4. The first-order chi connectivity index (χ1) is 15.9. The Balaban J connectivity index is 1.05. The van der Waals surface area contributed by atoms with E-state index >= 15 is 0 Å². The lowest BCUT2D eigenvalue weighted by atomic mass is 9.90. The number of hydrogen-bond acceptors (Lipinski definition) is 6. The molecule has 0 amide bonds. The van der Waals surface area contributed by atoms with Crippen molar-refractivity contribution in [2.75, 3.05) is 19.7 Å². The van der Waals surface area contributed by atoms with Crippen LogP contribution in [0.5, 0.6) is 5.75 Å². The van der Waals surface area contributed by atoms with Crippen LogP contribution in [0.4, 0.5) is 8.78 Å². The summed E-state index contributed by atoms with van der Waals surface area (Å²) in [4.78, 5) is 24.5. The number of carbonyl (C=O) groups is 1. The van der Waals surface area contributed by atoms with E-state index in [9.17, 15) is 13.6 Å². The number of ether oxygens (including phenoxy) is 1. The highest BCUT2D eigenvalue weighted by Gasteiger charge is 2.44. The minimum Gasteiger partial charge on any atom is -0.493 e. The maximum absolute atomic E-state index is 14.3. The number of rotatable bonds is 8. The van der Waals surface area contributed by atoms with Gasteiger partial charge in [0.25, 0.3) is 0 Å². The van der Waals surface area contributed by atoms with Crippen molar-refractivity contribution in [2.24, 2.45) is 34.6 Å². The number of Topliss-reactive ketones (excluding diaryl/α,β-unsaturated/α-hetero) is 1. The van der Waals surface area contributed by atoms with Crippen molar-refractivity contribution in [3.63, 3.8) is 0 Å². The highest BCUT2D eigenvalue weighted by molar-refractivity contribution is 5.99. The van der Waals surface area contributed by atoms with Gasteiger partial charge < -0.3 is 14.5 Å². The number of aliphatic imine (C=N–C) groups is 1. The molecule has 0 radical (unpaired) electrons. The van der Waals surface area contributed by atoms with Gasteiger partial charge in [0.1, 0.15) is 23.5 Å². The number of piperidine rings is 1. The van der Waals surface area contributed by atoms with E-state index in [-0.39, 0.29) is 17.8 Å². The van der Waals surface area contributed by atoms with Gasteiger partial charge in [-0.25, -0.2) is 13.8 Å². The summed E-state index contributed by atoms with van der Waals surface area (Å²) in [6, 6.07) is 3.01. The number of amidine groups is 1. The predicted octanol–water partition coefficient (Wildman–Crippen LogP) is 4.55. The largest absolute Gasteiger partial charge is 0.493 e. The fraction of sp³-hybridized carbons (Fsp3) is 0.680. The molecule has 2 aliphatic heterocycles. The van der Waals surface area contributed by atoms with E-state index < -0.39 is 23.0 Å². The fourth-order valence-corrected chi connectivity index (χ4v) is 5.16. The molecule has 3 atom stereocenters. The Hall–Kier alpha value is -2.22. The Bertz CT molecular complexity index is 902. The van der Waals surface area contributed by atoms with Crippen molar-refractivity contribution in [3.05, 3.63) is 29.3 Å². The van der Waals surface area contributed by atoms with Crippen LogP contribution in [0.1, 0.15) is 62.7 Å². The van der Waals surface area contributed by atoms with Crippen LogP contribution in [-0.4, -0.2) is 42.6 Å². The SMILES string of the molecule is CC(C)C1N=C(N2CCC(C3CC3CCOc3cc(F)c(C(=O)C4CC4)c(F)c3)CC2)ON1. The molecule has 1 saturated heterocycles. The fourth-order valence-electron chi connectivity index (χ4n) is 5.16. The highest BCUT2D eigenvalue weighted by atomic mass is 19.1. The minimum atomic E-state index is -0.816. The Labute approximate surface area is 193 Å². The van der Waals surface area contributed by atoms with Gasteiger partial charge in [0.2, 0.25) is 0 Å². The van der Waals surface area contributed by atoms with Crippen LogP contribution in [0.15, 0.2) is 17.1 Å². The zero-order valence-electron chi connectivity index (χ0n) is 19.4. The van der Waals surface area contributed by atoms with Crippen LogP contribution in [0, 0.1) is 41.2 Å². The van der Waals surface area contributed by atoms with Gasteiger partial charge >= 0.3 is 6.02 Å². The standard InChI is InChI=1S/C25H33F2N3O3/c1-14(2)24-28-25(33-29-24)30-8-5-15(6-9-30)19-11-17(19)7-10-32-18-12-20(26)22(21(27)13-18)23(31)16-3-4-16/h12-17,19,24,29H,3-11H2,1-2H3. The van der Waals surface area contributed by atoms with Gasteiger partial charge in [-0.15, -0.1) is 5.48 Å². The van der Waals surface area contributed by atoms with Crippen LogP contribution >= 0.6 is 0 Å². The number of nitrogens with zero attached hydrogens (tertiary/aromatic N) is 2. The number of ketones is 1. The summed E-state index contributed by atoms with van der Waals surface area (Å²) in [5.74, 6) is 0.295. The van der Waals surface area contributed by atoms with Gasteiger partial charge in [-0.2, -0.15) is 0 Å². The van der Waals surface area contributed by atoms with E-state index in [1.54, 1.807) is 0 Å². The molecule has 1 N–H and O–H groups in total. The highest BCUT2D eigenvalue weighted by Crippen LogP contribution is 2.49. The average molecular weight is 462 g/mol. The van der Waals surface area contributed by atoms with Crippen molar-refractivity contribution in [3.8, 4) is 5.75 Å². The first kappa shape index (κ1) is 22.6. The molecule has 33 heavy (non-hydrogen) atoms. The molecule has 0 bridgehead atoms. The van der Waals surface area contributed by atoms with Gasteiger partial charge in [0, 0.05) is 31.1 Å². The first-order valence-electron chi connectivity index (χ1n) is 12.3. The Morgan fingerprint density at radius 3 is 2.52 bits per heavy atom. The van der Waals surface area contributed by atoms with Gasteiger partial charge in [0.15, 0.2) is 5.78 Å². The van der Waals surface area contributed by atoms with Crippen molar-refractivity contribution >= 4 is 11.8 Å².